The van der Waals surface area contributed by atoms with Crippen molar-refractivity contribution in [3.8, 4) is 5.75 Å². The smallest absolute Gasteiger partial charge is 0.134 e. The molecule has 2 rings (SSSR count). The number of hydrogen-bond acceptors (Lipinski definition) is 1. The normalized spacial score (nSPS) is 12.2. The lowest BCUT2D eigenvalue weighted by Crippen LogP contribution is -2.04. The lowest BCUT2D eigenvalue weighted by atomic mass is 9.97. The predicted octanol–water partition coefficient (Wildman–Crippen LogP) is 4.86. The Bertz CT molecular complexity index is 590. The predicted molar refractivity (Wildman–Crippen MR) is 76.4 cm³/mol. The van der Waals surface area contributed by atoms with Crippen molar-refractivity contribution < 1.29 is 13.5 Å². The number of aryl methyl sites for hydroxylation is 1. The van der Waals surface area contributed by atoms with Gasteiger partial charge in [-0.15, -0.1) is 11.6 Å². The summed E-state index contributed by atoms with van der Waals surface area (Å²) in [7, 11) is 1.36. The highest BCUT2D eigenvalue weighted by atomic mass is 35.5. The number of hydrogen-bond donors (Lipinski definition) is 0. The first-order valence-electron chi connectivity index (χ1n) is 6.33. The van der Waals surface area contributed by atoms with E-state index in [-0.39, 0.29) is 11.3 Å². The zero-order chi connectivity index (χ0) is 14.7. The zero-order valence-electron chi connectivity index (χ0n) is 11.3. The second-order valence-electron chi connectivity index (χ2n) is 4.42. The van der Waals surface area contributed by atoms with Crippen molar-refractivity contribution in [1.29, 1.82) is 0 Å². The first-order valence-corrected chi connectivity index (χ1v) is 6.77. The zero-order valence-corrected chi connectivity index (χ0v) is 12.0. The quantitative estimate of drug-likeness (QED) is 0.732. The third kappa shape index (κ3) is 2.78. The average Bonchev–Trinajstić information content (AvgIpc) is 2.46. The van der Waals surface area contributed by atoms with Crippen LogP contribution in [0.15, 0.2) is 36.4 Å². The number of methoxy groups -OCH3 is 1. The summed E-state index contributed by atoms with van der Waals surface area (Å²) in [5.74, 6) is -1.27. The molecule has 0 saturated heterocycles. The molecule has 0 aliphatic rings. The molecule has 2 aromatic carbocycles. The van der Waals surface area contributed by atoms with Crippen LogP contribution in [0.2, 0.25) is 0 Å². The second kappa shape index (κ2) is 6.23. The van der Waals surface area contributed by atoms with Crippen molar-refractivity contribution in [2.45, 2.75) is 18.7 Å². The van der Waals surface area contributed by atoms with Crippen LogP contribution in [0.4, 0.5) is 8.78 Å². The molecule has 0 amide bonds. The maximum absolute atomic E-state index is 14.1. The van der Waals surface area contributed by atoms with E-state index in [0.29, 0.717) is 0 Å². The standard InChI is InChI=1S/C16H15ClF2O/c1-3-10-6-4-5-7-12(10)16(17)15-13(18)8-11(20-2)9-14(15)19/h4-9,16H,3H2,1-2H3. The van der Waals surface area contributed by atoms with Crippen molar-refractivity contribution in [2.75, 3.05) is 7.11 Å². The lowest BCUT2D eigenvalue weighted by Gasteiger charge is -2.16. The van der Waals surface area contributed by atoms with Gasteiger partial charge in [-0.25, -0.2) is 8.78 Å². The van der Waals surface area contributed by atoms with Gasteiger partial charge in [0.25, 0.3) is 0 Å². The van der Waals surface area contributed by atoms with Crippen LogP contribution in [0, 0.1) is 11.6 Å². The van der Waals surface area contributed by atoms with Gasteiger partial charge >= 0.3 is 0 Å². The molecular formula is C16H15ClF2O. The fourth-order valence-corrected chi connectivity index (χ4v) is 2.60. The SMILES string of the molecule is CCc1ccccc1C(Cl)c1c(F)cc(OC)cc1F. The third-order valence-electron chi connectivity index (χ3n) is 3.25. The number of benzene rings is 2. The summed E-state index contributed by atoms with van der Waals surface area (Å²) in [4.78, 5) is 0. The summed E-state index contributed by atoms with van der Waals surface area (Å²) in [6.07, 6.45) is 0.749. The van der Waals surface area contributed by atoms with Crippen molar-refractivity contribution in [1.82, 2.24) is 0 Å². The van der Waals surface area contributed by atoms with E-state index < -0.39 is 17.0 Å². The monoisotopic (exact) mass is 296 g/mol. The molecule has 106 valence electrons. The molecule has 1 nitrogen and oxygen atoms in total. The molecular weight excluding hydrogens is 282 g/mol. The molecule has 1 unspecified atom stereocenters. The van der Waals surface area contributed by atoms with Gasteiger partial charge in [-0.3, -0.25) is 0 Å². The van der Waals surface area contributed by atoms with Crippen LogP contribution < -0.4 is 4.74 Å². The van der Waals surface area contributed by atoms with E-state index in [1.165, 1.54) is 7.11 Å². The minimum Gasteiger partial charge on any atom is -0.497 e. The molecule has 0 spiro atoms. The molecule has 0 radical (unpaired) electrons. The van der Waals surface area contributed by atoms with Gasteiger partial charge in [-0.05, 0) is 17.5 Å². The molecule has 0 heterocycles. The molecule has 1 atom stereocenters. The van der Waals surface area contributed by atoms with Crippen molar-refractivity contribution in [2.24, 2.45) is 0 Å². The third-order valence-corrected chi connectivity index (χ3v) is 3.70. The van der Waals surface area contributed by atoms with Gasteiger partial charge in [-0.1, -0.05) is 31.2 Å². The minimum absolute atomic E-state index is 0.136. The summed E-state index contributed by atoms with van der Waals surface area (Å²) >= 11 is 6.30. The van der Waals surface area contributed by atoms with Gasteiger partial charge < -0.3 is 4.74 Å². The molecule has 0 N–H and O–H groups in total. The Morgan fingerprint density at radius 2 is 1.75 bits per heavy atom. The number of alkyl halides is 1. The summed E-state index contributed by atoms with van der Waals surface area (Å²) in [6, 6.07) is 9.67. The fraction of sp³-hybridized carbons (Fsp3) is 0.250. The van der Waals surface area contributed by atoms with Crippen LogP contribution in [0.1, 0.15) is 29.0 Å². The van der Waals surface area contributed by atoms with E-state index >= 15 is 0 Å². The number of rotatable bonds is 4. The Hall–Kier alpha value is -1.61. The Labute approximate surface area is 122 Å². The van der Waals surface area contributed by atoms with Crippen LogP contribution in [0.3, 0.4) is 0 Å². The minimum atomic E-state index is -0.864. The van der Waals surface area contributed by atoms with Crippen LogP contribution in [-0.2, 0) is 6.42 Å². The van der Waals surface area contributed by atoms with Gasteiger partial charge in [0.05, 0.1) is 12.5 Å². The molecule has 2 aromatic rings. The highest BCUT2D eigenvalue weighted by molar-refractivity contribution is 6.22. The average molecular weight is 297 g/mol. The van der Waals surface area contributed by atoms with E-state index in [1.807, 2.05) is 25.1 Å². The van der Waals surface area contributed by atoms with Crippen LogP contribution >= 0.6 is 11.6 Å². The van der Waals surface area contributed by atoms with Crippen LogP contribution in [0.25, 0.3) is 0 Å². The molecule has 0 aromatic heterocycles. The van der Waals surface area contributed by atoms with Gasteiger partial charge in [0, 0.05) is 17.7 Å². The number of halogens is 3. The Balaban J connectivity index is 2.51. The molecule has 0 saturated carbocycles. The topological polar surface area (TPSA) is 9.23 Å². The summed E-state index contributed by atoms with van der Waals surface area (Å²) in [6.45, 7) is 1.98. The van der Waals surface area contributed by atoms with Crippen molar-refractivity contribution in [3.63, 3.8) is 0 Å². The summed E-state index contributed by atoms with van der Waals surface area (Å²) < 4.78 is 33.0. The fourth-order valence-electron chi connectivity index (χ4n) is 2.18. The van der Waals surface area contributed by atoms with E-state index in [9.17, 15) is 8.78 Å². The van der Waals surface area contributed by atoms with Crippen molar-refractivity contribution >= 4 is 11.6 Å². The van der Waals surface area contributed by atoms with E-state index in [0.717, 1.165) is 29.7 Å². The lowest BCUT2D eigenvalue weighted by molar-refractivity contribution is 0.405. The molecule has 0 bridgehead atoms. The Morgan fingerprint density at radius 1 is 1.15 bits per heavy atom. The molecule has 0 aliphatic carbocycles. The number of ether oxygens (including phenoxy) is 1. The highest BCUT2D eigenvalue weighted by Crippen LogP contribution is 2.36. The van der Waals surface area contributed by atoms with E-state index in [4.69, 9.17) is 16.3 Å². The maximum atomic E-state index is 14.1. The van der Waals surface area contributed by atoms with Gasteiger partial charge in [0.15, 0.2) is 0 Å². The first kappa shape index (κ1) is 14.8. The van der Waals surface area contributed by atoms with E-state index in [2.05, 4.69) is 0 Å². The largest absolute Gasteiger partial charge is 0.497 e. The van der Waals surface area contributed by atoms with Crippen LogP contribution in [-0.4, -0.2) is 7.11 Å². The first-order chi connectivity index (χ1) is 9.58. The molecule has 4 heteroatoms. The van der Waals surface area contributed by atoms with Crippen molar-refractivity contribution in [3.05, 3.63) is 64.7 Å². The second-order valence-corrected chi connectivity index (χ2v) is 4.86. The molecule has 0 fully saturated rings. The maximum Gasteiger partial charge on any atom is 0.134 e. The Morgan fingerprint density at radius 3 is 2.30 bits per heavy atom. The van der Waals surface area contributed by atoms with Gasteiger partial charge in [0.2, 0.25) is 0 Å². The Kier molecular flexibility index (Phi) is 4.61. The molecule has 20 heavy (non-hydrogen) atoms. The molecule has 0 aliphatic heterocycles. The summed E-state index contributed by atoms with van der Waals surface area (Å²) in [5.41, 5.74) is 1.55. The van der Waals surface area contributed by atoms with E-state index in [1.54, 1.807) is 6.07 Å². The van der Waals surface area contributed by atoms with Crippen LogP contribution in [0.5, 0.6) is 5.75 Å². The summed E-state index contributed by atoms with van der Waals surface area (Å²) in [5, 5.41) is -0.864. The van der Waals surface area contributed by atoms with Gasteiger partial charge in [-0.2, -0.15) is 0 Å². The highest BCUT2D eigenvalue weighted by Gasteiger charge is 2.22. The van der Waals surface area contributed by atoms with Gasteiger partial charge in [0.1, 0.15) is 17.4 Å².